The van der Waals surface area contributed by atoms with Crippen molar-refractivity contribution in [2.75, 3.05) is 5.75 Å². The molecule has 2 rings (SSSR count). The zero-order chi connectivity index (χ0) is 14.4. The van der Waals surface area contributed by atoms with Gasteiger partial charge in [0.15, 0.2) is 5.78 Å². The minimum Gasteiger partial charge on any atom is -0.507 e. The van der Waals surface area contributed by atoms with Gasteiger partial charge in [-0.15, -0.1) is 0 Å². The zero-order valence-corrected chi connectivity index (χ0v) is 12.3. The number of aromatic hydroxyl groups is 1. The van der Waals surface area contributed by atoms with Crippen LogP contribution in [0.3, 0.4) is 0 Å². The van der Waals surface area contributed by atoms with Gasteiger partial charge in [-0.1, -0.05) is 49.4 Å². The molecule has 0 aliphatic rings. The Kier molecular flexibility index (Phi) is 5.24. The number of para-hydroxylation sites is 1. The lowest BCUT2D eigenvalue weighted by atomic mass is 10.0. The number of rotatable bonds is 6. The average Bonchev–Trinajstić information content (AvgIpc) is 2.48. The van der Waals surface area contributed by atoms with Crippen LogP contribution in [0.1, 0.15) is 22.8 Å². The average molecular weight is 286 g/mol. The van der Waals surface area contributed by atoms with Crippen LogP contribution < -0.4 is 0 Å². The second-order valence-electron chi connectivity index (χ2n) is 4.52. The molecule has 2 aromatic carbocycles. The number of phenols is 1. The number of benzene rings is 2. The summed E-state index contributed by atoms with van der Waals surface area (Å²) in [5.74, 6) is 0.933. The predicted octanol–water partition coefficient (Wildman–Crippen LogP) is 3.94. The summed E-state index contributed by atoms with van der Waals surface area (Å²) in [4.78, 5) is 12.6. The van der Waals surface area contributed by atoms with Gasteiger partial charge in [0.2, 0.25) is 0 Å². The van der Waals surface area contributed by atoms with Crippen LogP contribution in [-0.2, 0) is 6.42 Å². The fourth-order valence-electron chi connectivity index (χ4n) is 2.11. The van der Waals surface area contributed by atoms with E-state index in [4.69, 9.17) is 0 Å². The van der Waals surface area contributed by atoms with Crippen LogP contribution in [0.4, 0.5) is 0 Å². The number of phenolic OH excluding ortho intramolecular Hbond substituents is 1. The summed E-state index contributed by atoms with van der Waals surface area (Å²) in [6.45, 7) is 2.04. The van der Waals surface area contributed by atoms with E-state index < -0.39 is 0 Å². The summed E-state index contributed by atoms with van der Waals surface area (Å²) in [7, 11) is 0. The van der Waals surface area contributed by atoms with Crippen LogP contribution in [-0.4, -0.2) is 21.9 Å². The standard InChI is InChI=1S/C17H18O2S/c1-2-20-16(12-13-8-4-3-5-9-13)17(19)14-10-6-7-11-15(14)18/h3-11,16,18H,2,12H2,1H3. The van der Waals surface area contributed by atoms with Gasteiger partial charge in [0.1, 0.15) is 5.75 Å². The molecular formula is C17H18O2S. The van der Waals surface area contributed by atoms with Crippen molar-refractivity contribution in [3.05, 3.63) is 65.7 Å². The third-order valence-electron chi connectivity index (χ3n) is 3.09. The van der Waals surface area contributed by atoms with Crippen LogP contribution in [0.2, 0.25) is 0 Å². The normalized spacial score (nSPS) is 12.1. The highest BCUT2D eigenvalue weighted by molar-refractivity contribution is 8.00. The molecule has 0 bridgehead atoms. The molecule has 0 aliphatic carbocycles. The minimum atomic E-state index is -0.157. The van der Waals surface area contributed by atoms with Gasteiger partial charge in [-0.3, -0.25) is 4.79 Å². The molecule has 1 unspecified atom stereocenters. The zero-order valence-electron chi connectivity index (χ0n) is 11.5. The van der Waals surface area contributed by atoms with Crippen LogP contribution in [0.5, 0.6) is 5.75 Å². The fourth-order valence-corrected chi connectivity index (χ4v) is 3.10. The molecule has 0 radical (unpaired) electrons. The summed E-state index contributed by atoms with van der Waals surface area (Å²) in [6, 6.07) is 16.7. The summed E-state index contributed by atoms with van der Waals surface area (Å²) < 4.78 is 0. The topological polar surface area (TPSA) is 37.3 Å². The molecule has 0 amide bonds. The first-order valence-corrected chi connectivity index (χ1v) is 7.75. The molecule has 0 aliphatic heterocycles. The van der Waals surface area contributed by atoms with Crippen LogP contribution in [0, 0.1) is 0 Å². The first-order valence-electron chi connectivity index (χ1n) is 6.70. The number of hydrogen-bond acceptors (Lipinski definition) is 3. The largest absolute Gasteiger partial charge is 0.507 e. The van der Waals surface area contributed by atoms with Crippen LogP contribution in [0.15, 0.2) is 54.6 Å². The van der Waals surface area contributed by atoms with E-state index in [-0.39, 0.29) is 16.8 Å². The molecule has 0 saturated carbocycles. The van der Waals surface area contributed by atoms with Gasteiger partial charge in [-0.2, -0.15) is 11.8 Å². The van der Waals surface area contributed by atoms with Gasteiger partial charge in [-0.25, -0.2) is 0 Å². The highest BCUT2D eigenvalue weighted by Crippen LogP contribution is 2.25. The maximum atomic E-state index is 12.6. The lowest BCUT2D eigenvalue weighted by molar-refractivity contribution is 0.0986. The van der Waals surface area contributed by atoms with E-state index in [1.807, 2.05) is 37.3 Å². The second-order valence-corrected chi connectivity index (χ2v) is 5.99. The number of carbonyl (C=O) groups excluding carboxylic acids is 1. The number of hydrogen-bond donors (Lipinski definition) is 1. The van der Waals surface area contributed by atoms with Gasteiger partial charge < -0.3 is 5.11 Å². The third kappa shape index (κ3) is 3.64. The molecule has 20 heavy (non-hydrogen) atoms. The lowest BCUT2D eigenvalue weighted by Gasteiger charge is -2.15. The van der Waals surface area contributed by atoms with E-state index in [0.717, 1.165) is 11.3 Å². The van der Waals surface area contributed by atoms with Crippen molar-refractivity contribution in [3.8, 4) is 5.75 Å². The Labute approximate surface area is 123 Å². The number of carbonyl (C=O) groups is 1. The molecule has 0 aromatic heterocycles. The van der Waals surface area contributed by atoms with Crippen LogP contribution in [0.25, 0.3) is 0 Å². The van der Waals surface area contributed by atoms with Crippen molar-refractivity contribution in [1.29, 1.82) is 0 Å². The Bertz CT molecular complexity index is 566. The first kappa shape index (κ1) is 14.7. The van der Waals surface area contributed by atoms with Gasteiger partial charge in [0.05, 0.1) is 10.8 Å². The van der Waals surface area contributed by atoms with Crippen molar-refractivity contribution in [3.63, 3.8) is 0 Å². The Morgan fingerprint density at radius 1 is 1.10 bits per heavy atom. The highest BCUT2D eigenvalue weighted by Gasteiger charge is 2.22. The molecule has 2 nitrogen and oxygen atoms in total. The van der Waals surface area contributed by atoms with Gasteiger partial charge in [0, 0.05) is 0 Å². The molecule has 104 valence electrons. The van der Waals surface area contributed by atoms with Crippen molar-refractivity contribution < 1.29 is 9.90 Å². The maximum absolute atomic E-state index is 12.6. The Morgan fingerprint density at radius 2 is 1.75 bits per heavy atom. The summed E-state index contributed by atoms with van der Waals surface area (Å²) >= 11 is 1.62. The molecular weight excluding hydrogens is 268 g/mol. The van der Waals surface area contributed by atoms with Crippen LogP contribution >= 0.6 is 11.8 Å². The monoisotopic (exact) mass is 286 g/mol. The number of ketones is 1. The molecule has 2 aromatic rings. The van der Waals surface area contributed by atoms with E-state index in [1.165, 1.54) is 0 Å². The summed E-state index contributed by atoms with van der Waals surface area (Å²) in [6.07, 6.45) is 0.687. The molecule has 3 heteroatoms. The minimum absolute atomic E-state index is 0.00111. The van der Waals surface area contributed by atoms with E-state index in [2.05, 4.69) is 0 Å². The smallest absolute Gasteiger partial charge is 0.179 e. The Balaban J connectivity index is 2.20. The highest BCUT2D eigenvalue weighted by atomic mass is 32.2. The summed E-state index contributed by atoms with van der Waals surface area (Å²) in [5, 5.41) is 9.68. The molecule has 0 heterocycles. The van der Waals surface area contributed by atoms with Gasteiger partial charge >= 0.3 is 0 Å². The lowest BCUT2D eigenvalue weighted by Crippen LogP contribution is -2.20. The van der Waals surface area contributed by atoms with Crippen molar-refractivity contribution >= 4 is 17.5 Å². The number of Topliss-reactive ketones (excluding diaryl/α,β-unsaturated/α-hetero) is 1. The van der Waals surface area contributed by atoms with Crippen molar-refractivity contribution in [1.82, 2.24) is 0 Å². The quantitative estimate of drug-likeness (QED) is 0.817. The summed E-state index contributed by atoms with van der Waals surface area (Å²) in [5.41, 5.74) is 1.55. The van der Waals surface area contributed by atoms with Crippen molar-refractivity contribution in [2.45, 2.75) is 18.6 Å². The number of thioether (sulfide) groups is 1. The molecule has 1 N–H and O–H groups in total. The van der Waals surface area contributed by atoms with Gasteiger partial charge in [-0.05, 0) is 29.9 Å². The molecule has 0 fully saturated rings. The van der Waals surface area contributed by atoms with Crippen molar-refractivity contribution in [2.24, 2.45) is 0 Å². The van der Waals surface area contributed by atoms with E-state index in [9.17, 15) is 9.90 Å². The second kappa shape index (κ2) is 7.15. The van der Waals surface area contributed by atoms with E-state index >= 15 is 0 Å². The Morgan fingerprint density at radius 3 is 2.40 bits per heavy atom. The first-order chi connectivity index (χ1) is 9.72. The SMILES string of the molecule is CCSC(Cc1ccccc1)C(=O)c1ccccc1O. The fraction of sp³-hybridized carbons (Fsp3) is 0.235. The third-order valence-corrected chi connectivity index (χ3v) is 4.21. The maximum Gasteiger partial charge on any atom is 0.179 e. The predicted molar refractivity (Wildman–Crippen MR) is 84.5 cm³/mol. The molecule has 0 saturated heterocycles. The molecule has 1 atom stereocenters. The Hall–Kier alpha value is -1.74. The van der Waals surface area contributed by atoms with E-state index in [0.29, 0.717) is 12.0 Å². The van der Waals surface area contributed by atoms with Gasteiger partial charge in [0.25, 0.3) is 0 Å². The van der Waals surface area contributed by atoms with E-state index in [1.54, 1.807) is 36.0 Å². The molecule has 0 spiro atoms.